The van der Waals surface area contributed by atoms with Gasteiger partial charge in [-0.2, -0.15) is 4.39 Å². The Morgan fingerprint density at radius 3 is 2.24 bits per heavy atom. The molecule has 108 valence electrons. The summed E-state index contributed by atoms with van der Waals surface area (Å²) in [4.78, 5) is 19.8. The fourth-order valence-electron chi connectivity index (χ4n) is 1.53. The van der Waals surface area contributed by atoms with Crippen molar-refractivity contribution in [1.82, 2.24) is 0 Å². The number of ether oxygens (including phenoxy) is 1. The van der Waals surface area contributed by atoms with Crippen molar-refractivity contribution in [2.75, 3.05) is 0 Å². The summed E-state index contributed by atoms with van der Waals surface area (Å²) < 4.78 is 45.3. The van der Waals surface area contributed by atoms with E-state index in [2.05, 4.69) is 0 Å². The molecule has 5 nitrogen and oxygen atoms in total. The number of nitro benzene ring substituents is 1. The van der Waals surface area contributed by atoms with Crippen LogP contribution in [0.2, 0.25) is 0 Å². The summed E-state index contributed by atoms with van der Waals surface area (Å²) in [6, 6.07) is 3.90. The Morgan fingerprint density at radius 1 is 1.00 bits per heavy atom. The molecule has 0 aliphatic carbocycles. The Kier molecular flexibility index (Phi) is 3.88. The van der Waals surface area contributed by atoms with Crippen molar-refractivity contribution in [3.8, 4) is 11.5 Å². The maximum absolute atomic E-state index is 13.6. The van der Waals surface area contributed by atoms with Gasteiger partial charge in [-0.3, -0.25) is 14.9 Å². The maximum Gasteiger partial charge on any atom is 0.307 e. The van der Waals surface area contributed by atoms with Crippen molar-refractivity contribution < 1.29 is 27.6 Å². The summed E-state index contributed by atoms with van der Waals surface area (Å²) in [7, 11) is 0. The first-order valence-corrected chi connectivity index (χ1v) is 5.48. The highest BCUT2D eigenvalue weighted by atomic mass is 19.1. The fraction of sp³-hybridized carbons (Fsp3) is 0. The van der Waals surface area contributed by atoms with Crippen LogP contribution in [0.3, 0.4) is 0 Å². The first-order chi connectivity index (χ1) is 9.92. The normalized spacial score (nSPS) is 10.2. The molecule has 0 bridgehead atoms. The summed E-state index contributed by atoms with van der Waals surface area (Å²) in [5.41, 5.74) is -1.02. The lowest BCUT2D eigenvalue weighted by molar-refractivity contribution is -0.387. The summed E-state index contributed by atoms with van der Waals surface area (Å²) in [6.45, 7) is 0. The van der Waals surface area contributed by atoms with Crippen LogP contribution in [0.25, 0.3) is 0 Å². The molecular weight excluding hydrogens is 291 g/mol. The van der Waals surface area contributed by atoms with Crippen LogP contribution in [0.1, 0.15) is 10.4 Å². The third-order valence-corrected chi connectivity index (χ3v) is 2.51. The van der Waals surface area contributed by atoms with Gasteiger partial charge in [0.2, 0.25) is 5.82 Å². The summed E-state index contributed by atoms with van der Waals surface area (Å²) >= 11 is 0. The molecule has 0 aliphatic heterocycles. The Balaban J connectivity index is 2.38. The number of nitrogens with zero attached hydrogens (tertiary/aromatic N) is 1. The van der Waals surface area contributed by atoms with Crippen molar-refractivity contribution in [2.45, 2.75) is 0 Å². The van der Waals surface area contributed by atoms with Gasteiger partial charge in [-0.15, -0.1) is 0 Å². The monoisotopic (exact) mass is 297 g/mol. The van der Waals surface area contributed by atoms with Gasteiger partial charge in [-0.1, -0.05) is 0 Å². The van der Waals surface area contributed by atoms with Gasteiger partial charge in [-0.05, 0) is 18.2 Å². The average molecular weight is 297 g/mol. The standard InChI is InChI=1S/C13H6F3NO4/c14-8-5-13(10(16)4-11(8)17(19)20)21-12-2-1-7(6-18)3-9(12)15/h1-6H. The molecule has 0 atom stereocenters. The first kappa shape index (κ1) is 14.5. The molecule has 21 heavy (non-hydrogen) atoms. The zero-order valence-corrected chi connectivity index (χ0v) is 10.2. The molecule has 0 spiro atoms. The van der Waals surface area contributed by atoms with Crippen molar-refractivity contribution in [1.29, 1.82) is 0 Å². The van der Waals surface area contributed by atoms with Gasteiger partial charge in [0.25, 0.3) is 0 Å². The SMILES string of the molecule is O=Cc1ccc(Oc2cc(F)c([N+](=O)[O-])cc2F)c(F)c1. The van der Waals surface area contributed by atoms with Crippen LogP contribution in [0, 0.1) is 27.6 Å². The second-order valence-electron chi connectivity index (χ2n) is 3.90. The lowest BCUT2D eigenvalue weighted by Crippen LogP contribution is -1.97. The van der Waals surface area contributed by atoms with Crippen molar-refractivity contribution in [2.24, 2.45) is 0 Å². The van der Waals surface area contributed by atoms with E-state index in [1.807, 2.05) is 0 Å². The smallest absolute Gasteiger partial charge is 0.307 e. The van der Waals surface area contributed by atoms with Gasteiger partial charge >= 0.3 is 5.69 Å². The highest BCUT2D eigenvalue weighted by Crippen LogP contribution is 2.31. The molecule has 0 saturated heterocycles. The summed E-state index contributed by atoms with van der Waals surface area (Å²) in [6.07, 6.45) is 0.402. The van der Waals surface area contributed by atoms with Crippen molar-refractivity contribution in [3.05, 3.63) is 63.5 Å². The molecule has 0 heterocycles. The van der Waals surface area contributed by atoms with E-state index in [9.17, 15) is 28.1 Å². The zero-order valence-electron chi connectivity index (χ0n) is 10.2. The molecule has 2 aromatic rings. The quantitative estimate of drug-likeness (QED) is 0.491. The third-order valence-electron chi connectivity index (χ3n) is 2.51. The first-order valence-electron chi connectivity index (χ1n) is 5.48. The topological polar surface area (TPSA) is 69.4 Å². The minimum absolute atomic E-state index is 0.0372. The molecule has 0 amide bonds. The Hall–Kier alpha value is -2.90. The summed E-state index contributed by atoms with van der Waals surface area (Å²) in [5.74, 6) is -4.66. The number of hydrogen-bond acceptors (Lipinski definition) is 4. The van der Waals surface area contributed by atoms with Crippen LogP contribution in [0.4, 0.5) is 18.9 Å². The van der Waals surface area contributed by atoms with Crippen LogP contribution in [-0.4, -0.2) is 11.2 Å². The largest absolute Gasteiger partial charge is 0.451 e. The molecule has 0 fully saturated rings. The average Bonchev–Trinajstić information content (AvgIpc) is 2.44. The molecule has 8 heteroatoms. The predicted octanol–water partition coefficient (Wildman–Crippen LogP) is 3.62. The Labute approximate surface area is 115 Å². The minimum atomic E-state index is -1.32. The van der Waals surface area contributed by atoms with Gasteiger partial charge in [-0.25, -0.2) is 8.78 Å². The highest BCUT2D eigenvalue weighted by Gasteiger charge is 2.20. The van der Waals surface area contributed by atoms with E-state index in [0.717, 1.165) is 12.1 Å². The molecule has 0 radical (unpaired) electrons. The van der Waals surface area contributed by atoms with Gasteiger partial charge in [0.05, 0.1) is 11.0 Å². The van der Waals surface area contributed by atoms with E-state index in [-0.39, 0.29) is 5.56 Å². The molecule has 2 aromatic carbocycles. The highest BCUT2D eigenvalue weighted by molar-refractivity contribution is 5.75. The van der Waals surface area contributed by atoms with E-state index in [4.69, 9.17) is 4.74 Å². The number of hydrogen-bond donors (Lipinski definition) is 0. The van der Waals surface area contributed by atoms with Crippen LogP contribution in [0.15, 0.2) is 30.3 Å². The molecule has 0 aliphatic rings. The zero-order chi connectivity index (χ0) is 15.6. The number of carbonyl (C=O) groups is 1. The molecule has 0 N–H and O–H groups in total. The summed E-state index contributed by atoms with van der Waals surface area (Å²) in [5, 5.41) is 10.4. The lowest BCUT2D eigenvalue weighted by atomic mass is 10.2. The molecule has 0 saturated carbocycles. The molecule has 0 unspecified atom stereocenters. The number of rotatable bonds is 4. The molecular formula is C13H6F3NO4. The number of benzene rings is 2. The van der Waals surface area contributed by atoms with E-state index in [1.165, 1.54) is 6.07 Å². The number of aldehydes is 1. The van der Waals surface area contributed by atoms with Crippen LogP contribution in [0.5, 0.6) is 11.5 Å². The van der Waals surface area contributed by atoms with E-state index >= 15 is 0 Å². The van der Waals surface area contributed by atoms with Gasteiger partial charge in [0, 0.05) is 11.6 Å². The van der Waals surface area contributed by atoms with Gasteiger partial charge < -0.3 is 4.74 Å². The van der Waals surface area contributed by atoms with E-state index in [0.29, 0.717) is 18.4 Å². The van der Waals surface area contributed by atoms with Gasteiger partial charge in [0.15, 0.2) is 23.1 Å². The Morgan fingerprint density at radius 2 is 1.67 bits per heavy atom. The second-order valence-corrected chi connectivity index (χ2v) is 3.90. The van der Waals surface area contributed by atoms with E-state index in [1.54, 1.807) is 0 Å². The van der Waals surface area contributed by atoms with Gasteiger partial charge in [0.1, 0.15) is 6.29 Å². The van der Waals surface area contributed by atoms with Crippen LogP contribution < -0.4 is 4.74 Å². The fourth-order valence-corrected chi connectivity index (χ4v) is 1.53. The second kappa shape index (κ2) is 5.61. The van der Waals surface area contributed by atoms with Crippen molar-refractivity contribution in [3.63, 3.8) is 0 Å². The van der Waals surface area contributed by atoms with Crippen LogP contribution in [-0.2, 0) is 0 Å². The molecule has 2 rings (SSSR count). The van der Waals surface area contributed by atoms with E-state index < -0.39 is 39.6 Å². The lowest BCUT2D eigenvalue weighted by Gasteiger charge is -2.08. The van der Waals surface area contributed by atoms with Crippen LogP contribution >= 0.6 is 0 Å². The maximum atomic E-state index is 13.6. The Bertz CT molecular complexity index is 734. The third kappa shape index (κ3) is 2.99. The van der Waals surface area contributed by atoms with Crippen molar-refractivity contribution >= 4 is 12.0 Å². The number of halogens is 3. The predicted molar refractivity (Wildman–Crippen MR) is 64.9 cm³/mol. The minimum Gasteiger partial charge on any atom is -0.451 e. The molecule has 0 aromatic heterocycles. The number of nitro groups is 1. The number of carbonyl (C=O) groups excluding carboxylic acids is 1.